The second-order valence-electron chi connectivity index (χ2n) is 4.23. The lowest BCUT2D eigenvalue weighted by Crippen LogP contribution is -2.22. The predicted octanol–water partition coefficient (Wildman–Crippen LogP) is 2.70. The summed E-state index contributed by atoms with van der Waals surface area (Å²) in [7, 11) is 0. The summed E-state index contributed by atoms with van der Waals surface area (Å²) >= 11 is 0. The van der Waals surface area contributed by atoms with Gasteiger partial charge in [0.05, 0.1) is 6.10 Å². The fourth-order valence-corrected chi connectivity index (χ4v) is 2.05. The van der Waals surface area contributed by atoms with Crippen LogP contribution in [0.5, 0.6) is 5.75 Å². The number of benzene rings is 1. The van der Waals surface area contributed by atoms with Crippen LogP contribution in [0.25, 0.3) is 0 Å². The highest BCUT2D eigenvalue weighted by Gasteiger charge is 2.48. The number of aliphatic hydroxyl groups is 1. The number of rotatable bonds is 4. The Morgan fingerprint density at radius 2 is 1.81 bits per heavy atom. The highest BCUT2D eigenvalue weighted by molar-refractivity contribution is 5.37. The predicted molar refractivity (Wildman–Crippen MR) is 55.7 cm³/mol. The van der Waals surface area contributed by atoms with Gasteiger partial charge < -0.3 is 9.84 Å². The minimum absolute atomic E-state index is 0.153. The second-order valence-corrected chi connectivity index (χ2v) is 4.23. The van der Waals surface area contributed by atoms with Crippen molar-refractivity contribution in [3.05, 3.63) is 29.8 Å². The lowest BCUT2D eigenvalue weighted by molar-refractivity contribution is -0.0498. The van der Waals surface area contributed by atoms with Crippen LogP contribution < -0.4 is 4.74 Å². The molecule has 0 radical (unpaired) electrons. The van der Waals surface area contributed by atoms with Crippen LogP contribution in [0.1, 0.15) is 25.3 Å². The van der Waals surface area contributed by atoms with Gasteiger partial charge in [0.25, 0.3) is 0 Å². The number of hydrogen-bond donors (Lipinski definition) is 1. The van der Waals surface area contributed by atoms with E-state index in [1.807, 2.05) is 0 Å². The van der Waals surface area contributed by atoms with Gasteiger partial charge in [0, 0.05) is 5.41 Å². The fourth-order valence-electron chi connectivity index (χ4n) is 2.05. The van der Waals surface area contributed by atoms with Crippen LogP contribution in [0.15, 0.2) is 24.3 Å². The maximum Gasteiger partial charge on any atom is 0.387 e. The summed E-state index contributed by atoms with van der Waals surface area (Å²) in [6, 6.07) is 6.53. The molecule has 16 heavy (non-hydrogen) atoms. The molecule has 1 saturated carbocycles. The zero-order valence-corrected chi connectivity index (χ0v) is 8.99. The Kier molecular flexibility index (Phi) is 2.84. The van der Waals surface area contributed by atoms with Crippen LogP contribution in [0.3, 0.4) is 0 Å². The molecular weight excluding hydrogens is 214 g/mol. The maximum absolute atomic E-state index is 11.9. The normalized spacial score (nSPS) is 19.6. The Bertz CT molecular complexity index is 356. The number of halogens is 2. The van der Waals surface area contributed by atoms with Crippen molar-refractivity contribution in [2.45, 2.75) is 37.9 Å². The van der Waals surface area contributed by atoms with E-state index in [4.69, 9.17) is 0 Å². The molecule has 1 aromatic rings. The maximum atomic E-state index is 11.9. The average molecular weight is 228 g/mol. The van der Waals surface area contributed by atoms with Crippen molar-refractivity contribution in [3.63, 3.8) is 0 Å². The zero-order valence-electron chi connectivity index (χ0n) is 8.99. The Morgan fingerprint density at radius 1 is 1.25 bits per heavy atom. The highest BCUT2D eigenvalue weighted by atomic mass is 19.3. The molecule has 0 aromatic heterocycles. The Labute approximate surface area is 92.9 Å². The van der Waals surface area contributed by atoms with Gasteiger partial charge in [-0.3, -0.25) is 0 Å². The SMILES string of the molecule is CC(O)C1(c2ccc(OC(F)F)cc2)CC1. The molecule has 2 nitrogen and oxygen atoms in total. The standard InChI is InChI=1S/C12H14F2O2/c1-8(15)12(6-7-12)9-2-4-10(5-3-9)16-11(13)14/h2-5,8,11,15H,6-7H2,1H3. The molecule has 0 saturated heterocycles. The molecule has 1 N–H and O–H groups in total. The molecule has 1 aromatic carbocycles. The van der Waals surface area contributed by atoms with Gasteiger partial charge in [0.2, 0.25) is 0 Å². The number of hydrogen-bond acceptors (Lipinski definition) is 2. The molecule has 0 heterocycles. The molecule has 1 aliphatic carbocycles. The van der Waals surface area contributed by atoms with E-state index >= 15 is 0 Å². The largest absolute Gasteiger partial charge is 0.435 e. The van der Waals surface area contributed by atoms with E-state index in [0.29, 0.717) is 0 Å². The topological polar surface area (TPSA) is 29.5 Å². The van der Waals surface area contributed by atoms with Crippen molar-refractivity contribution in [3.8, 4) is 5.75 Å². The summed E-state index contributed by atoms with van der Waals surface area (Å²) < 4.78 is 28.1. The summed E-state index contributed by atoms with van der Waals surface area (Å²) in [5.74, 6) is 0.153. The third kappa shape index (κ3) is 2.02. The lowest BCUT2D eigenvalue weighted by atomic mass is 9.91. The Morgan fingerprint density at radius 3 is 2.19 bits per heavy atom. The van der Waals surface area contributed by atoms with Gasteiger partial charge in [-0.05, 0) is 37.5 Å². The van der Waals surface area contributed by atoms with Gasteiger partial charge in [-0.1, -0.05) is 12.1 Å². The molecule has 2 rings (SSSR count). The Balaban J connectivity index is 2.14. The molecule has 4 heteroatoms. The summed E-state index contributed by atoms with van der Waals surface area (Å²) in [5, 5.41) is 9.66. The van der Waals surface area contributed by atoms with E-state index < -0.39 is 12.7 Å². The zero-order chi connectivity index (χ0) is 11.8. The van der Waals surface area contributed by atoms with E-state index in [2.05, 4.69) is 4.74 Å². The third-order valence-electron chi connectivity index (χ3n) is 3.24. The molecule has 0 spiro atoms. The molecule has 1 aliphatic rings. The molecule has 1 atom stereocenters. The minimum Gasteiger partial charge on any atom is -0.435 e. The highest BCUT2D eigenvalue weighted by Crippen LogP contribution is 2.51. The van der Waals surface area contributed by atoms with Crippen LogP contribution in [-0.2, 0) is 5.41 Å². The van der Waals surface area contributed by atoms with Gasteiger partial charge >= 0.3 is 6.61 Å². The third-order valence-corrected chi connectivity index (χ3v) is 3.24. The van der Waals surface area contributed by atoms with Crippen LogP contribution in [0.2, 0.25) is 0 Å². The van der Waals surface area contributed by atoms with Gasteiger partial charge in [-0.25, -0.2) is 0 Å². The lowest BCUT2D eigenvalue weighted by Gasteiger charge is -2.19. The summed E-state index contributed by atoms with van der Waals surface area (Å²) in [6.45, 7) is -1.03. The molecule has 0 amide bonds. The smallest absolute Gasteiger partial charge is 0.387 e. The van der Waals surface area contributed by atoms with Crippen molar-refractivity contribution < 1.29 is 18.6 Å². The molecule has 0 aliphatic heterocycles. The molecule has 88 valence electrons. The fraction of sp³-hybridized carbons (Fsp3) is 0.500. The summed E-state index contributed by atoms with van der Waals surface area (Å²) in [5.41, 5.74) is 0.827. The van der Waals surface area contributed by atoms with Crippen LogP contribution in [-0.4, -0.2) is 17.8 Å². The van der Waals surface area contributed by atoms with E-state index in [-0.39, 0.29) is 11.2 Å². The minimum atomic E-state index is -2.79. The van der Waals surface area contributed by atoms with Gasteiger partial charge in [-0.15, -0.1) is 0 Å². The quantitative estimate of drug-likeness (QED) is 0.858. The first-order chi connectivity index (χ1) is 7.54. The van der Waals surface area contributed by atoms with E-state index in [9.17, 15) is 13.9 Å². The average Bonchev–Trinajstić information content (AvgIpc) is 2.98. The van der Waals surface area contributed by atoms with Crippen LogP contribution in [0, 0.1) is 0 Å². The van der Waals surface area contributed by atoms with Crippen molar-refractivity contribution in [2.24, 2.45) is 0 Å². The van der Waals surface area contributed by atoms with Crippen molar-refractivity contribution >= 4 is 0 Å². The first kappa shape index (κ1) is 11.3. The summed E-state index contributed by atoms with van der Waals surface area (Å²) in [4.78, 5) is 0. The van der Waals surface area contributed by atoms with Gasteiger partial charge in [0.15, 0.2) is 0 Å². The van der Waals surface area contributed by atoms with Crippen molar-refractivity contribution in [2.75, 3.05) is 0 Å². The molecule has 1 fully saturated rings. The van der Waals surface area contributed by atoms with Crippen molar-refractivity contribution in [1.29, 1.82) is 0 Å². The first-order valence-electron chi connectivity index (χ1n) is 5.28. The van der Waals surface area contributed by atoms with Gasteiger partial charge in [0.1, 0.15) is 5.75 Å². The van der Waals surface area contributed by atoms with Crippen LogP contribution in [0.4, 0.5) is 8.78 Å². The number of alkyl halides is 2. The second kappa shape index (κ2) is 4.01. The summed E-state index contributed by atoms with van der Waals surface area (Å²) in [6.07, 6.45) is 1.48. The van der Waals surface area contributed by atoms with Crippen LogP contribution >= 0.6 is 0 Å². The van der Waals surface area contributed by atoms with Crippen molar-refractivity contribution in [1.82, 2.24) is 0 Å². The molecular formula is C12H14F2O2. The first-order valence-corrected chi connectivity index (χ1v) is 5.28. The number of ether oxygens (including phenoxy) is 1. The van der Waals surface area contributed by atoms with E-state index in [0.717, 1.165) is 18.4 Å². The number of aliphatic hydroxyl groups excluding tert-OH is 1. The van der Waals surface area contributed by atoms with E-state index in [1.54, 1.807) is 19.1 Å². The van der Waals surface area contributed by atoms with Gasteiger partial charge in [-0.2, -0.15) is 8.78 Å². The molecule has 0 bridgehead atoms. The van der Waals surface area contributed by atoms with E-state index in [1.165, 1.54) is 12.1 Å². The monoisotopic (exact) mass is 228 g/mol. The molecule has 1 unspecified atom stereocenters. The Hall–Kier alpha value is -1.16.